The molecule has 29 heavy (non-hydrogen) atoms. The van der Waals surface area contributed by atoms with Crippen LogP contribution in [0.15, 0.2) is 60.9 Å². The summed E-state index contributed by atoms with van der Waals surface area (Å²) in [7, 11) is 0. The summed E-state index contributed by atoms with van der Waals surface area (Å²) in [5.41, 5.74) is 3.40. The van der Waals surface area contributed by atoms with Gasteiger partial charge in [0.15, 0.2) is 0 Å². The molecule has 7 heteroatoms. The molecule has 0 atom stereocenters. The van der Waals surface area contributed by atoms with Crippen LogP contribution in [0.25, 0.3) is 0 Å². The van der Waals surface area contributed by atoms with Crippen molar-refractivity contribution in [3.8, 4) is 6.07 Å². The molecule has 3 aromatic rings. The molecule has 0 aliphatic carbocycles. The molecule has 1 amide bonds. The Kier molecular flexibility index (Phi) is 6.38. The van der Waals surface area contributed by atoms with Gasteiger partial charge in [-0.1, -0.05) is 0 Å². The number of benzene rings is 2. The molecular weight excluding hydrogens is 364 g/mol. The third-order valence-corrected chi connectivity index (χ3v) is 4.44. The Morgan fingerprint density at radius 1 is 1.00 bits per heavy atom. The van der Waals surface area contributed by atoms with E-state index in [1.165, 1.54) is 6.33 Å². The second kappa shape index (κ2) is 9.33. The fraction of sp³-hybridized carbons (Fsp3) is 0.182. The average Bonchev–Trinajstić information content (AvgIpc) is 2.76. The summed E-state index contributed by atoms with van der Waals surface area (Å²) < 4.78 is 0. The summed E-state index contributed by atoms with van der Waals surface area (Å²) in [6.45, 7) is 6.15. The van der Waals surface area contributed by atoms with Crippen molar-refractivity contribution >= 4 is 28.8 Å². The van der Waals surface area contributed by atoms with E-state index in [9.17, 15) is 4.79 Å². The first-order valence-electron chi connectivity index (χ1n) is 9.38. The molecule has 0 saturated heterocycles. The van der Waals surface area contributed by atoms with Crippen molar-refractivity contribution in [2.75, 3.05) is 28.6 Å². The first-order chi connectivity index (χ1) is 14.1. The van der Waals surface area contributed by atoms with E-state index >= 15 is 0 Å². The Morgan fingerprint density at radius 2 is 1.66 bits per heavy atom. The minimum Gasteiger partial charge on any atom is -0.372 e. The number of nitriles is 1. The number of hydrogen-bond donors (Lipinski definition) is 2. The minimum atomic E-state index is -0.350. The number of aromatic nitrogens is 2. The van der Waals surface area contributed by atoms with E-state index in [2.05, 4.69) is 51.5 Å². The highest BCUT2D eigenvalue weighted by Gasteiger charge is 2.10. The Morgan fingerprint density at radius 3 is 2.28 bits per heavy atom. The lowest BCUT2D eigenvalue weighted by atomic mass is 10.2. The van der Waals surface area contributed by atoms with Crippen molar-refractivity contribution in [3.05, 3.63) is 72.2 Å². The van der Waals surface area contributed by atoms with Gasteiger partial charge in [0.1, 0.15) is 17.8 Å². The summed E-state index contributed by atoms with van der Waals surface area (Å²) in [5.74, 6) is 0.178. The Balaban J connectivity index is 1.68. The standard InChI is InChI=1S/C22H22N6O/c1-3-28(4-2)19-11-9-17(10-12-19)26-21-13-20(24-15-25-21)22(29)27-18-7-5-16(14-23)6-8-18/h5-13,15H,3-4H2,1-2H3,(H,27,29)(H,24,25,26). The van der Waals surface area contributed by atoms with Gasteiger partial charge in [0.25, 0.3) is 5.91 Å². The van der Waals surface area contributed by atoms with Gasteiger partial charge in [-0.3, -0.25) is 4.79 Å². The molecule has 0 unspecified atom stereocenters. The van der Waals surface area contributed by atoms with E-state index in [-0.39, 0.29) is 11.6 Å². The van der Waals surface area contributed by atoms with Crippen molar-refractivity contribution in [2.24, 2.45) is 0 Å². The van der Waals surface area contributed by atoms with E-state index in [1.54, 1.807) is 30.3 Å². The molecule has 0 aliphatic heterocycles. The topological polar surface area (TPSA) is 93.9 Å². The average molecular weight is 386 g/mol. The fourth-order valence-corrected chi connectivity index (χ4v) is 2.87. The van der Waals surface area contributed by atoms with Crippen LogP contribution >= 0.6 is 0 Å². The lowest BCUT2D eigenvalue weighted by Crippen LogP contribution is -2.21. The van der Waals surface area contributed by atoms with E-state index in [1.807, 2.05) is 18.2 Å². The van der Waals surface area contributed by atoms with Gasteiger partial charge in [-0.2, -0.15) is 5.26 Å². The predicted molar refractivity (Wildman–Crippen MR) is 114 cm³/mol. The number of nitrogens with zero attached hydrogens (tertiary/aromatic N) is 4. The van der Waals surface area contributed by atoms with Crippen molar-refractivity contribution in [1.29, 1.82) is 5.26 Å². The quantitative estimate of drug-likeness (QED) is 0.632. The van der Waals surface area contributed by atoms with Crippen LogP contribution in [-0.2, 0) is 0 Å². The summed E-state index contributed by atoms with van der Waals surface area (Å²) >= 11 is 0. The molecule has 1 heterocycles. The van der Waals surface area contributed by atoms with Crippen LogP contribution in [0.5, 0.6) is 0 Å². The zero-order chi connectivity index (χ0) is 20.6. The molecule has 146 valence electrons. The molecule has 0 radical (unpaired) electrons. The number of nitrogens with one attached hydrogen (secondary N) is 2. The van der Waals surface area contributed by atoms with Crippen LogP contribution in [0.3, 0.4) is 0 Å². The van der Waals surface area contributed by atoms with Crippen LogP contribution in [0.4, 0.5) is 22.9 Å². The van der Waals surface area contributed by atoms with Crippen molar-refractivity contribution < 1.29 is 4.79 Å². The molecule has 7 nitrogen and oxygen atoms in total. The maximum Gasteiger partial charge on any atom is 0.274 e. The van der Waals surface area contributed by atoms with E-state index in [0.29, 0.717) is 17.1 Å². The second-order valence-electron chi connectivity index (χ2n) is 6.28. The Labute approximate surface area is 170 Å². The number of amides is 1. The van der Waals surface area contributed by atoms with Crippen LogP contribution in [0.1, 0.15) is 29.9 Å². The largest absolute Gasteiger partial charge is 0.372 e. The third kappa shape index (κ3) is 5.08. The normalized spacial score (nSPS) is 10.1. The zero-order valence-corrected chi connectivity index (χ0v) is 16.4. The summed E-state index contributed by atoms with van der Waals surface area (Å²) in [5, 5.41) is 14.8. The molecule has 2 N–H and O–H groups in total. The SMILES string of the molecule is CCN(CC)c1ccc(Nc2cc(C(=O)Nc3ccc(C#N)cc3)ncn2)cc1. The number of hydrogen-bond acceptors (Lipinski definition) is 6. The fourth-order valence-electron chi connectivity index (χ4n) is 2.87. The van der Waals surface area contributed by atoms with Crippen molar-refractivity contribution in [2.45, 2.75) is 13.8 Å². The number of rotatable bonds is 7. The Hall–Kier alpha value is -3.92. The van der Waals surface area contributed by atoms with E-state index in [4.69, 9.17) is 5.26 Å². The molecular formula is C22H22N6O. The van der Waals surface area contributed by atoms with Gasteiger partial charge in [0, 0.05) is 36.2 Å². The molecule has 0 saturated carbocycles. The highest BCUT2D eigenvalue weighted by molar-refractivity contribution is 6.03. The van der Waals surface area contributed by atoms with Gasteiger partial charge in [-0.15, -0.1) is 0 Å². The van der Waals surface area contributed by atoms with E-state index in [0.717, 1.165) is 24.5 Å². The predicted octanol–water partition coefficient (Wildman–Crippen LogP) is 4.19. The molecule has 2 aromatic carbocycles. The molecule has 1 aromatic heterocycles. The molecule has 0 aliphatic rings. The number of carbonyl (C=O) groups is 1. The van der Waals surface area contributed by atoms with Crippen LogP contribution in [0, 0.1) is 11.3 Å². The zero-order valence-electron chi connectivity index (χ0n) is 16.4. The molecule has 0 fully saturated rings. The summed E-state index contributed by atoms with van der Waals surface area (Å²) in [6, 6.07) is 18.3. The van der Waals surface area contributed by atoms with Gasteiger partial charge in [0.05, 0.1) is 11.6 Å². The highest BCUT2D eigenvalue weighted by Crippen LogP contribution is 2.20. The first-order valence-corrected chi connectivity index (χ1v) is 9.38. The summed E-state index contributed by atoms with van der Waals surface area (Å²) in [4.78, 5) is 23.0. The van der Waals surface area contributed by atoms with Crippen LogP contribution in [0.2, 0.25) is 0 Å². The maximum atomic E-state index is 12.5. The van der Waals surface area contributed by atoms with Crippen molar-refractivity contribution in [1.82, 2.24) is 9.97 Å². The lowest BCUT2D eigenvalue weighted by molar-refractivity contribution is 0.102. The van der Waals surface area contributed by atoms with Gasteiger partial charge in [0.2, 0.25) is 0 Å². The van der Waals surface area contributed by atoms with Gasteiger partial charge < -0.3 is 15.5 Å². The molecule has 0 spiro atoms. The van der Waals surface area contributed by atoms with Gasteiger partial charge in [-0.05, 0) is 62.4 Å². The minimum absolute atomic E-state index is 0.242. The monoisotopic (exact) mass is 386 g/mol. The smallest absolute Gasteiger partial charge is 0.274 e. The van der Waals surface area contributed by atoms with Crippen LogP contribution in [-0.4, -0.2) is 29.0 Å². The molecule has 0 bridgehead atoms. The number of carbonyl (C=O) groups excluding carboxylic acids is 1. The summed E-state index contributed by atoms with van der Waals surface area (Å²) in [6.07, 6.45) is 1.35. The van der Waals surface area contributed by atoms with Gasteiger partial charge >= 0.3 is 0 Å². The van der Waals surface area contributed by atoms with E-state index < -0.39 is 0 Å². The van der Waals surface area contributed by atoms with Crippen LogP contribution < -0.4 is 15.5 Å². The third-order valence-electron chi connectivity index (χ3n) is 4.44. The van der Waals surface area contributed by atoms with Crippen molar-refractivity contribution in [3.63, 3.8) is 0 Å². The van der Waals surface area contributed by atoms with Gasteiger partial charge in [-0.25, -0.2) is 9.97 Å². The first kappa shape index (κ1) is 19.8. The maximum absolute atomic E-state index is 12.5. The lowest BCUT2D eigenvalue weighted by Gasteiger charge is -2.21. The number of anilines is 4. The Bertz CT molecular complexity index is 1000. The molecule has 3 rings (SSSR count). The second-order valence-corrected chi connectivity index (χ2v) is 6.28. The highest BCUT2D eigenvalue weighted by atomic mass is 16.1.